The molecule has 4 aromatic rings. The molecule has 132 valence electrons. The maximum Gasteiger partial charge on any atom is 0.149 e. The molecule has 2 aromatic carbocycles. The molecule has 27 heavy (non-hydrogen) atoms. The molecule has 4 rings (SSSR count). The number of nitrogens with one attached hydrogen (secondary N) is 1. The van der Waals surface area contributed by atoms with Crippen molar-refractivity contribution in [3.05, 3.63) is 81.8 Å². The molecule has 2 heterocycles. The molecule has 1 N–H and O–H groups in total. The van der Waals surface area contributed by atoms with Crippen LogP contribution < -0.4 is 0 Å². The largest absolute Gasteiger partial charge is 0.337 e. The van der Waals surface area contributed by atoms with E-state index in [4.69, 9.17) is 0 Å². The van der Waals surface area contributed by atoms with Crippen LogP contribution in [0.25, 0.3) is 28.4 Å². The van der Waals surface area contributed by atoms with E-state index < -0.39 is 0 Å². The van der Waals surface area contributed by atoms with Gasteiger partial charge in [0.1, 0.15) is 11.9 Å². The number of aryl methyl sites for hydroxylation is 1. The van der Waals surface area contributed by atoms with Gasteiger partial charge in [-0.05, 0) is 68.0 Å². The highest BCUT2D eigenvalue weighted by atomic mass is 79.9. The first-order valence-electron chi connectivity index (χ1n) is 8.58. The average Bonchev–Trinajstić information content (AvgIpc) is 3.21. The molecule has 2 aromatic heterocycles. The molecule has 0 radical (unpaired) electrons. The first-order chi connectivity index (χ1) is 13.1. The molecule has 0 aliphatic rings. The van der Waals surface area contributed by atoms with Crippen LogP contribution in [0.4, 0.5) is 0 Å². The zero-order chi connectivity index (χ0) is 19.0. The lowest BCUT2D eigenvalue weighted by Crippen LogP contribution is -1.98. The zero-order valence-electron chi connectivity index (χ0n) is 15.0. The third-order valence-corrected chi connectivity index (χ3v) is 5.15. The highest BCUT2D eigenvalue weighted by Crippen LogP contribution is 2.26. The number of imidazole rings is 1. The van der Waals surface area contributed by atoms with Crippen LogP contribution in [0, 0.1) is 25.2 Å². The molecular formula is C22H17BrN4. The van der Waals surface area contributed by atoms with Crippen LogP contribution in [0.3, 0.4) is 0 Å². The fraction of sp³-hybridized carbons (Fsp3) is 0.0909. The van der Waals surface area contributed by atoms with E-state index in [2.05, 4.69) is 68.6 Å². The second kappa shape index (κ2) is 6.90. The number of halogens is 1. The minimum absolute atomic E-state index is 0.516. The Morgan fingerprint density at radius 2 is 1.89 bits per heavy atom. The zero-order valence-corrected chi connectivity index (χ0v) is 16.6. The second-order valence-corrected chi connectivity index (χ2v) is 7.33. The van der Waals surface area contributed by atoms with Gasteiger partial charge in [0, 0.05) is 21.5 Å². The van der Waals surface area contributed by atoms with Gasteiger partial charge in [0.2, 0.25) is 0 Å². The van der Waals surface area contributed by atoms with Crippen molar-refractivity contribution >= 4 is 38.6 Å². The molecule has 0 atom stereocenters. The SMILES string of the molecule is Cc1cc(/C=C(/C#N)c2nc3ccccc3[nH]2)c(C)n1-c1ccc(Br)cc1. The second-order valence-electron chi connectivity index (χ2n) is 6.41. The fourth-order valence-electron chi connectivity index (χ4n) is 3.31. The third kappa shape index (κ3) is 3.20. The first-order valence-corrected chi connectivity index (χ1v) is 9.38. The molecule has 0 aliphatic carbocycles. The van der Waals surface area contributed by atoms with Crippen LogP contribution in [-0.2, 0) is 0 Å². The number of nitriles is 1. The number of aromatic amines is 1. The molecule has 0 saturated carbocycles. The minimum atomic E-state index is 0.516. The predicted molar refractivity (Wildman–Crippen MR) is 113 cm³/mol. The van der Waals surface area contributed by atoms with Gasteiger partial charge in [-0.1, -0.05) is 28.1 Å². The lowest BCUT2D eigenvalue weighted by atomic mass is 10.1. The van der Waals surface area contributed by atoms with Crippen LogP contribution >= 0.6 is 15.9 Å². The first kappa shape index (κ1) is 17.3. The minimum Gasteiger partial charge on any atom is -0.337 e. The van der Waals surface area contributed by atoms with E-state index in [0.717, 1.165) is 38.1 Å². The van der Waals surface area contributed by atoms with Gasteiger partial charge in [0.25, 0.3) is 0 Å². The monoisotopic (exact) mass is 416 g/mol. The summed E-state index contributed by atoms with van der Waals surface area (Å²) in [7, 11) is 0. The summed E-state index contributed by atoms with van der Waals surface area (Å²) in [6, 6.07) is 20.4. The van der Waals surface area contributed by atoms with Crippen LogP contribution in [0.2, 0.25) is 0 Å². The number of aromatic nitrogens is 3. The third-order valence-electron chi connectivity index (χ3n) is 4.62. The van der Waals surface area contributed by atoms with E-state index >= 15 is 0 Å². The number of hydrogen-bond acceptors (Lipinski definition) is 2. The Balaban J connectivity index is 1.79. The number of nitrogens with zero attached hydrogens (tertiary/aromatic N) is 3. The summed E-state index contributed by atoms with van der Waals surface area (Å²) in [5.41, 5.74) is 6.59. The predicted octanol–water partition coefficient (Wildman–Crippen LogP) is 5.80. The highest BCUT2D eigenvalue weighted by molar-refractivity contribution is 9.10. The Morgan fingerprint density at radius 3 is 2.59 bits per heavy atom. The average molecular weight is 417 g/mol. The maximum atomic E-state index is 9.69. The normalized spacial score (nSPS) is 11.7. The van der Waals surface area contributed by atoms with Crippen molar-refractivity contribution in [1.29, 1.82) is 5.26 Å². The Kier molecular flexibility index (Phi) is 4.43. The quantitative estimate of drug-likeness (QED) is 0.429. The van der Waals surface area contributed by atoms with Gasteiger partial charge in [0.05, 0.1) is 16.6 Å². The van der Waals surface area contributed by atoms with Gasteiger partial charge in [-0.2, -0.15) is 5.26 Å². The topological polar surface area (TPSA) is 57.4 Å². The molecule has 0 amide bonds. The molecular weight excluding hydrogens is 400 g/mol. The van der Waals surface area contributed by atoms with Crippen LogP contribution in [0.1, 0.15) is 22.8 Å². The summed E-state index contributed by atoms with van der Waals surface area (Å²) in [5, 5.41) is 9.69. The lowest BCUT2D eigenvalue weighted by Gasteiger charge is -2.09. The van der Waals surface area contributed by atoms with Crippen molar-refractivity contribution in [3.8, 4) is 11.8 Å². The van der Waals surface area contributed by atoms with E-state index in [0.29, 0.717) is 11.4 Å². The molecule has 0 aliphatic heterocycles. The lowest BCUT2D eigenvalue weighted by molar-refractivity contribution is 0.964. The number of hydrogen-bond donors (Lipinski definition) is 1. The van der Waals surface area contributed by atoms with Gasteiger partial charge < -0.3 is 9.55 Å². The summed E-state index contributed by atoms with van der Waals surface area (Å²) >= 11 is 3.48. The van der Waals surface area contributed by atoms with E-state index in [1.165, 1.54) is 0 Å². The molecule has 0 fully saturated rings. The van der Waals surface area contributed by atoms with Crippen molar-refractivity contribution in [3.63, 3.8) is 0 Å². The molecule has 0 unspecified atom stereocenters. The molecule has 0 bridgehead atoms. The van der Waals surface area contributed by atoms with Crippen LogP contribution in [0.15, 0.2) is 59.1 Å². The molecule has 4 nitrogen and oxygen atoms in total. The van der Waals surface area contributed by atoms with E-state index in [-0.39, 0.29) is 0 Å². The molecule has 0 saturated heterocycles. The number of benzene rings is 2. The van der Waals surface area contributed by atoms with Crippen LogP contribution in [-0.4, -0.2) is 14.5 Å². The Morgan fingerprint density at radius 1 is 1.15 bits per heavy atom. The fourth-order valence-corrected chi connectivity index (χ4v) is 3.58. The molecule has 5 heteroatoms. The highest BCUT2D eigenvalue weighted by Gasteiger charge is 2.13. The van der Waals surface area contributed by atoms with Crippen molar-refractivity contribution in [2.24, 2.45) is 0 Å². The van der Waals surface area contributed by atoms with Crippen molar-refractivity contribution in [2.45, 2.75) is 13.8 Å². The van der Waals surface area contributed by atoms with Crippen LogP contribution in [0.5, 0.6) is 0 Å². The Hall–Kier alpha value is -3.10. The van der Waals surface area contributed by atoms with Crippen molar-refractivity contribution in [1.82, 2.24) is 14.5 Å². The number of rotatable bonds is 3. The van der Waals surface area contributed by atoms with Gasteiger partial charge in [-0.3, -0.25) is 0 Å². The van der Waals surface area contributed by atoms with Gasteiger partial charge in [0.15, 0.2) is 0 Å². The number of para-hydroxylation sites is 2. The smallest absolute Gasteiger partial charge is 0.149 e. The standard InChI is InChI=1S/C22H17BrN4/c1-14-11-16(15(2)27(14)19-9-7-18(23)8-10-19)12-17(13-24)22-25-20-5-3-4-6-21(20)26-22/h3-12H,1-2H3,(H,25,26)/b17-12-. The summed E-state index contributed by atoms with van der Waals surface area (Å²) in [6.07, 6.45) is 1.90. The van der Waals surface area contributed by atoms with Gasteiger partial charge >= 0.3 is 0 Å². The summed E-state index contributed by atoms with van der Waals surface area (Å²) in [6.45, 7) is 4.13. The summed E-state index contributed by atoms with van der Waals surface area (Å²) in [5.74, 6) is 0.590. The molecule has 0 spiro atoms. The number of allylic oxidation sites excluding steroid dienone is 1. The van der Waals surface area contributed by atoms with Gasteiger partial charge in [-0.15, -0.1) is 0 Å². The van der Waals surface area contributed by atoms with Gasteiger partial charge in [-0.25, -0.2) is 4.98 Å². The van der Waals surface area contributed by atoms with E-state index in [1.807, 2.05) is 42.5 Å². The Labute approximate surface area is 165 Å². The number of H-pyrrole nitrogens is 1. The van der Waals surface area contributed by atoms with E-state index in [1.54, 1.807) is 0 Å². The summed E-state index contributed by atoms with van der Waals surface area (Å²) < 4.78 is 3.23. The van der Waals surface area contributed by atoms with Crippen molar-refractivity contribution < 1.29 is 0 Å². The van der Waals surface area contributed by atoms with Crippen molar-refractivity contribution in [2.75, 3.05) is 0 Å². The maximum absolute atomic E-state index is 9.69. The number of fused-ring (bicyclic) bond motifs is 1. The van der Waals surface area contributed by atoms with E-state index in [9.17, 15) is 5.26 Å². The Bertz CT molecular complexity index is 1170. The summed E-state index contributed by atoms with van der Waals surface area (Å²) in [4.78, 5) is 7.78.